The van der Waals surface area contributed by atoms with Crippen molar-refractivity contribution in [2.24, 2.45) is 0 Å². The van der Waals surface area contributed by atoms with Crippen molar-refractivity contribution in [1.29, 1.82) is 0 Å². The second-order valence-corrected chi connectivity index (χ2v) is 4.35. The molecule has 2 heterocycles. The SMILES string of the molecule is CSCc1nc2c(Br)cncc2[nH]1. The first-order valence-electron chi connectivity index (χ1n) is 3.78. The number of aromatic amines is 1. The molecule has 0 aromatic carbocycles. The van der Waals surface area contributed by atoms with Crippen LogP contribution >= 0.6 is 27.7 Å². The smallest absolute Gasteiger partial charge is 0.117 e. The molecule has 0 atom stereocenters. The molecule has 0 amide bonds. The number of aromatic nitrogens is 3. The summed E-state index contributed by atoms with van der Waals surface area (Å²) in [5.74, 6) is 1.90. The van der Waals surface area contributed by atoms with Gasteiger partial charge >= 0.3 is 0 Å². The van der Waals surface area contributed by atoms with Crippen LogP contribution in [0.25, 0.3) is 11.0 Å². The van der Waals surface area contributed by atoms with Gasteiger partial charge in [-0.1, -0.05) is 0 Å². The van der Waals surface area contributed by atoms with Gasteiger partial charge < -0.3 is 4.98 Å². The molecule has 0 aliphatic heterocycles. The number of imidazole rings is 1. The van der Waals surface area contributed by atoms with Crippen LogP contribution in [-0.4, -0.2) is 21.2 Å². The van der Waals surface area contributed by atoms with Crippen LogP contribution in [0.3, 0.4) is 0 Å². The fraction of sp³-hybridized carbons (Fsp3) is 0.250. The predicted octanol–water partition coefficient (Wildman–Crippen LogP) is 2.58. The predicted molar refractivity (Wildman–Crippen MR) is 58.8 cm³/mol. The second kappa shape index (κ2) is 3.67. The van der Waals surface area contributed by atoms with Gasteiger partial charge in [-0.2, -0.15) is 11.8 Å². The normalized spacial score (nSPS) is 10.9. The number of H-pyrrole nitrogens is 1. The fourth-order valence-electron chi connectivity index (χ4n) is 1.16. The summed E-state index contributed by atoms with van der Waals surface area (Å²) in [6, 6.07) is 0. The Bertz CT molecular complexity index is 426. The number of nitrogens with zero attached hydrogens (tertiary/aromatic N) is 2. The Morgan fingerprint density at radius 2 is 2.38 bits per heavy atom. The first-order chi connectivity index (χ1) is 6.31. The van der Waals surface area contributed by atoms with Gasteiger partial charge in [0, 0.05) is 6.20 Å². The molecule has 3 nitrogen and oxygen atoms in total. The van der Waals surface area contributed by atoms with E-state index in [1.165, 1.54) is 0 Å². The maximum absolute atomic E-state index is 4.44. The highest BCUT2D eigenvalue weighted by Gasteiger charge is 2.04. The average Bonchev–Trinajstić information content (AvgIpc) is 2.49. The minimum atomic E-state index is 0.904. The minimum absolute atomic E-state index is 0.904. The lowest BCUT2D eigenvalue weighted by atomic mass is 10.4. The Balaban J connectivity index is 2.55. The van der Waals surface area contributed by atoms with E-state index in [0.717, 1.165) is 27.1 Å². The summed E-state index contributed by atoms with van der Waals surface area (Å²) in [7, 11) is 0. The summed E-state index contributed by atoms with van der Waals surface area (Å²) in [6.45, 7) is 0. The van der Waals surface area contributed by atoms with E-state index in [0.29, 0.717) is 0 Å². The van der Waals surface area contributed by atoms with E-state index in [2.05, 4.69) is 37.1 Å². The first-order valence-corrected chi connectivity index (χ1v) is 5.97. The van der Waals surface area contributed by atoms with E-state index in [-0.39, 0.29) is 0 Å². The summed E-state index contributed by atoms with van der Waals surface area (Å²) in [5, 5.41) is 0. The molecule has 0 spiro atoms. The monoisotopic (exact) mass is 257 g/mol. The second-order valence-electron chi connectivity index (χ2n) is 2.63. The standard InChI is InChI=1S/C8H8BrN3S/c1-13-4-7-11-6-3-10-2-5(9)8(6)12-7/h2-3H,4H2,1H3,(H,11,12). The third kappa shape index (κ3) is 1.71. The van der Waals surface area contributed by atoms with E-state index in [1.54, 1.807) is 24.2 Å². The molecule has 2 rings (SSSR count). The lowest BCUT2D eigenvalue weighted by Gasteiger charge is -1.87. The summed E-state index contributed by atoms with van der Waals surface area (Å²) in [5.41, 5.74) is 1.94. The van der Waals surface area contributed by atoms with Crippen LogP contribution < -0.4 is 0 Å². The topological polar surface area (TPSA) is 41.6 Å². The van der Waals surface area contributed by atoms with Crippen LogP contribution in [0.5, 0.6) is 0 Å². The van der Waals surface area contributed by atoms with Gasteiger partial charge in [-0.05, 0) is 22.2 Å². The number of thioether (sulfide) groups is 1. The van der Waals surface area contributed by atoms with Crippen molar-refractivity contribution in [1.82, 2.24) is 15.0 Å². The van der Waals surface area contributed by atoms with Crippen molar-refractivity contribution in [3.05, 3.63) is 22.7 Å². The van der Waals surface area contributed by atoms with Crippen molar-refractivity contribution in [2.45, 2.75) is 5.75 Å². The Labute approximate surface area is 88.5 Å². The number of pyridine rings is 1. The Kier molecular flexibility index (Phi) is 2.55. The molecular formula is C8H8BrN3S. The highest BCUT2D eigenvalue weighted by molar-refractivity contribution is 9.10. The molecule has 2 aromatic rings. The number of hydrogen-bond donors (Lipinski definition) is 1. The van der Waals surface area contributed by atoms with Crippen LogP contribution in [-0.2, 0) is 5.75 Å². The van der Waals surface area contributed by atoms with Crippen LogP contribution in [0, 0.1) is 0 Å². The highest BCUT2D eigenvalue weighted by Crippen LogP contribution is 2.21. The third-order valence-corrected chi connectivity index (χ3v) is 2.82. The van der Waals surface area contributed by atoms with Crippen molar-refractivity contribution in [2.75, 3.05) is 6.26 Å². The number of hydrogen-bond acceptors (Lipinski definition) is 3. The molecule has 1 N–H and O–H groups in total. The molecule has 5 heteroatoms. The lowest BCUT2D eigenvalue weighted by molar-refractivity contribution is 1.14. The zero-order chi connectivity index (χ0) is 9.26. The van der Waals surface area contributed by atoms with E-state index >= 15 is 0 Å². The van der Waals surface area contributed by atoms with E-state index < -0.39 is 0 Å². The molecule has 0 fully saturated rings. The first kappa shape index (κ1) is 9.02. The van der Waals surface area contributed by atoms with Gasteiger partial charge in [-0.25, -0.2) is 4.98 Å². The fourth-order valence-corrected chi connectivity index (χ4v) is 1.99. The molecule has 2 aromatic heterocycles. The minimum Gasteiger partial charge on any atom is -0.340 e. The van der Waals surface area contributed by atoms with Gasteiger partial charge in [0.25, 0.3) is 0 Å². The van der Waals surface area contributed by atoms with Gasteiger partial charge in [-0.3, -0.25) is 4.98 Å². The van der Waals surface area contributed by atoms with E-state index in [4.69, 9.17) is 0 Å². The Morgan fingerprint density at radius 3 is 3.08 bits per heavy atom. The molecular weight excluding hydrogens is 250 g/mol. The van der Waals surface area contributed by atoms with E-state index in [9.17, 15) is 0 Å². The number of fused-ring (bicyclic) bond motifs is 1. The van der Waals surface area contributed by atoms with Gasteiger partial charge in [0.1, 0.15) is 11.3 Å². The van der Waals surface area contributed by atoms with Gasteiger partial charge in [0.15, 0.2) is 0 Å². The summed E-state index contributed by atoms with van der Waals surface area (Å²) in [6.07, 6.45) is 5.60. The maximum Gasteiger partial charge on any atom is 0.117 e. The van der Waals surface area contributed by atoms with Crippen molar-refractivity contribution in [3.63, 3.8) is 0 Å². The molecule has 0 unspecified atom stereocenters. The van der Waals surface area contributed by atoms with Crippen molar-refractivity contribution < 1.29 is 0 Å². The molecule has 0 bridgehead atoms. The van der Waals surface area contributed by atoms with E-state index in [1.807, 2.05) is 0 Å². The quantitative estimate of drug-likeness (QED) is 0.900. The summed E-state index contributed by atoms with van der Waals surface area (Å²) >= 11 is 5.16. The molecule has 0 saturated heterocycles. The number of nitrogens with one attached hydrogen (secondary N) is 1. The van der Waals surface area contributed by atoms with Crippen molar-refractivity contribution >= 4 is 38.7 Å². The van der Waals surface area contributed by atoms with Crippen LogP contribution in [0.4, 0.5) is 0 Å². The zero-order valence-corrected chi connectivity index (χ0v) is 9.44. The zero-order valence-electron chi connectivity index (χ0n) is 7.04. The average molecular weight is 258 g/mol. The summed E-state index contributed by atoms with van der Waals surface area (Å²) < 4.78 is 0.939. The Hall–Kier alpha value is -0.550. The molecule has 0 aliphatic carbocycles. The summed E-state index contributed by atoms with van der Waals surface area (Å²) in [4.78, 5) is 11.7. The van der Waals surface area contributed by atoms with Crippen LogP contribution in [0.15, 0.2) is 16.9 Å². The maximum atomic E-state index is 4.44. The largest absolute Gasteiger partial charge is 0.340 e. The van der Waals surface area contributed by atoms with Crippen LogP contribution in [0.1, 0.15) is 5.82 Å². The molecule has 13 heavy (non-hydrogen) atoms. The van der Waals surface area contributed by atoms with Gasteiger partial charge in [0.05, 0.1) is 21.9 Å². The molecule has 68 valence electrons. The Morgan fingerprint density at radius 1 is 1.54 bits per heavy atom. The molecule has 0 radical (unpaired) electrons. The molecule has 0 aliphatic rings. The molecule has 0 saturated carbocycles. The number of rotatable bonds is 2. The number of halogens is 1. The van der Waals surface area contributed by atoms with Gasteiger partial charge in [-0.15, -0.1) is 0 Å². The third-order valence-electron chi connectivity index (χ3n) is 1.68. The highest BCUT2D eigenvalue weighted by atomic mass is 79.9. The van der Waals surface area contributed by atoms with Crippen molar-refractivity contribution in [3.8, 4) is 0 Å². The lowest BCUT2D eigenvalue weighted by Crippen LogP contribution is -1.80. The van der Waals surface area contributed by atoms with Crippen LogP contribution in [0.2, 0.25) is 0 Å². The van der Waals surface area contributed by atoms with Gasteiger partial charge in [0.2, 0.25) is 0 Å².